The summed E-state index contributed by atoms with van der Waals surface area (Å²) in [5.74, 6) is 0. The molecule has 0 aliphatic heterocycles. The lowest BCUT2D eigenvalue weighted by atomic mass is 10.2. The molecule has 0 unspecified atom stereocenters. The molecule has 5 heteroatoms. The van der Waals surface area contributed by atoms with E-state index in [9.17, 15) is 8.42 Å². The summed E-state index contributed by atoms with van der Waals surface area (Å²) < 4.78 is 27.4. The van der Waals surface area contributed by atoms with Gasteiger partial charge < -0.3 is 4.98 Å². The number of rotatable bonds is 2. The second-order valence-corrected chi connectivity index (χ2v) is 4.50. The molecule has 0 fully saturated rings. The van der Waals surface area contributed by atoms with Crippen molar-refractivity contribution in [3.8, 4) is 0 Å². The van der Waals surface area contributed by atoms with Crippen molar-refractivity contribution in [2.75, 3.05) is 7.11 Å². The van der Waals surface area contributed by atoms with E-state index >= 15 is 0 Å². The summed E-state index contributed by atoms with van der Waals surface area (Å²) in [7, 11) is -2.46. The van der Waals surface area contributed by atoms with Crippen LogP contribution in [-0.2, 0) is 14.3 Å². The van der Waals surface area contributed by atoms with E-state index in [1.165, 1.54) is 6.07 Å². The molecule has 0 amide bonds. The third kappa shape index (κ3) is 1.30. The van der Waals surface area contributed by atoms with Crippen LogP contribution in [0.15, 0.2) is 35.4 Å². The highest BCUT2D eigenvalue weighted by atomic mass is 32.2. The Hall–Kier alpha value is -1.33. The lowest BCUT2D eigenvalue weighted by Crippen LogP contribution is -2.02. The van der Waals surface area contributed by atoms with E-state index < -0.39 is 10.1 Å². The summed E-state index contributed by atoms with van der Waals surface area (Å²) in [5, 5.41) is 0.648. The number of aromatic amines is 1. The Kier molecular flexibility index (Phi) is 2.05. The highest BCUT2D eigenvalue weighted by Gasteiger charge is 2.16. The predicted octanol–water partition coefficient (Wildman–Crippen LogP) is 1.50. The quantitative estimate of drug-likeness (QED) is 0.766. The molecular formula is C9H9NO3S. The maximum Gasteiger partial charge on any atom is 0.297 e. The molecule has 1 aromatic heterocycles. The Balaban J connectivity index is 2.81. The molecule has 2 aromatic rings. The van der Waals surface area contributed by atoms with Crippen LogP contribution in [0.5, 0.6) is 0 Å². The molecule has 4 nitrogen and oxygen atoms in total. The van der Waals surface area contributed by atoms with Crippen molar-refractivity contribution in [1.82, 2.24) is 4.98 Å². The minimum Gasteiger partial charge on any atom is -0.361 e. The van der Waals surface area contributed by atoms with Crippen molar-refractivity contribution in [3.63, 3.8) is 0 Å². The molecule has 1 aromatic carbocycles. The van der Waals surface area contributed by atoms with Crippen LogP contribution >= 0.6 is 0 Å². The second-order valence-electron chi connectivity index (χ2n) is 2.82. The Morgan fingerprint density at radius 3 is 2.79 bits per heavy atom. The van der Waals surface area contributed by atoms with Gasteiger partial charge in [-0.25, -0.2) is 0 Å². The van der Waals surface area contributed by atoms with Crippen LogP contribution in [-0.4, -0.2) is 20.5 Å². The minimum atomic E-state index is -3.61. The van der Waals surface area contributed by atoms with Gasteiger partial charge in [0.25, 0.3) is 10.1 Å². The first-order chi connectivity index (χ1) is 6.65. The van der Waals surface area contributed by atoms with Crippen molar-refractivity contribution in [2.45, 2.75) is 4.90 Å². The van der Waals surface area contributed by atoms with Crippen LogP contribution < -0.4 is 0 Å². The largest absolute Gasteiger partial charge is 0.361 e. The van der Waals surface area contributed by atoms with Gasteiger partial charge in [-0.3, -0.25) is 4.18 Å². The van der Waals surface area contributed by atoms with Crippen molar-refractivity contribution in [1.29, 1.82) is 0 Å². The smallest absolute Gasteiger partial charge is 0.297 e. The fourth-order valence-corrected chi connectivity index (χ4v) is 2.24. The molecule has 0 aliphatic carbocycles. The van der Waals surface area contributed by atoms with Gasteiger partial charge in [0.1, 0.15) is 4.90 Å². The third-order valence-electron chi connectivity index (χ3n) is 2.04. The topological polar surface area (TPSA) is 59.2 Å². The van der Waals surface area contributed by atoms with E-state index in [2.05, 4.69) is 9.17 Å². The first kappa shape index (κ1) is 9.23. The summed E-state index contributed by atoms with van der Waals surface area (Å²) >= 11 is 0. The van der Waals surface area contributed by atoms with Gasteiger partial charge in [-0.05, 0) is 18.2 Å². The molecule has 0 atom stereocenters. The van der Waals surface area contributed by atoms with Crippen molar-refractivity contribution >= 4 is 21.0 Å². The summed E-state index contributed by atoms with van der Waals surface area (Å²) in [6.07, 6.45) is 1.69. The molecule has 0 bridgehead atoms. The van der Waals surface area contributed by atoms with Gasteiger partial charge in [-0.1, -0.05) is 6.07 Å². The van der Waals surface area contributed by atoms with Gasteiger partial charge in [-0.15, -0.1) is 0 Å². The van der Waals surface area contributed by atoms with E-state index in [1.54, 1.807) is 18.3 Å². The fraction of sp³-hybridized carbons (Fsp3) is 0.111. The van der Waals surface area contributed by atoms with Crippen LogP contribution in [0.4, 0.5) is 0 Å². The van der Waals surface area contributed by atoms with Crippen molar-refractivity contribution in [3.05, 3.63) is 30.5 Å². The van der Waals surface area contributed by atoms with Crippen LogP contribution in [0.3, 0.4) is 0 Å². The molecular weight excluding hydrogens is 202 g/mol. The van der Waals surface area contributed by atoms with Gasteiger partial charge in [0, 0.05) is 17.1 Å². The normalized spacial score (nSPS) is 12.1. The van der Waals surface area contributed by atoms with E-state index in [0.29, 0.717) is 5.39 Å². The molecule has 0 saturated heterocycles. The maximum atomic E-state index is 11.5. The Bertz CT molecular complexity index is 556. The number of aromatic nitrogens is 1. The van der Waals surface area contributed by atoms with Gasteiger partial charge in [0.2, 0.25) is 0 Å². The summed E-state index contributed by atoms with van der Waals surface area (Å²) in [4.78, 5) is 3.13. The lowest BCUT2D eigenvalue weighted by molar-refractivity contribution is 0.398. The van der Waals surface area contributed by atoms with E-state index in [4.69, 9.17) is 0 Å². The van der Waals surface area contributed by atoms with E-state index in [1.807, 2.05) is 6.07 Å². The number of benzene rings is 1. The molecule has 0 spiro atoms. The average molecular weight is 211 g/mol. The van der Waals surface area contributed by atoms with E-state index in [-0.39, 0.29) is 4.90 Å². The third-order valence-corrected chi connectivity index (χ3v) is 3.38. The average Bonchev–Trinajstić information content (AvgIpc) is 2.64. The SMILES string of the molecule is COS(=O)(=O)c1cccc2[nH]ccc12. The molecule has 0 saturated carbocycles. The number of hydrogen-bond donors (Lipinski definition) is 1. The Morgan fingerprint density at radius 1 is 1.29 bits per heavy atom. The van der Waals surface area contributed by atoms with Gasteiger partial charge in [-0.2, -0.15) is 8.42 Å². The van der Waals surface area contributed by atoms with Crippen LogP contribution in [0, 0.1) is 0 Å². The highest BCUT2D eigenvalue weighted by molar-refractivity contribution is 7.87. The monoisotopic (exact) mass is 211 g/mol. The fourth-order valence-electron chi connectivity index (χ4n) is 1.36. The molecule has 14 heavy (non-hydrogen) atoms. The predicted molar refractivity (Wildman–Crippen MR) is 52.5 cm³/mol. The van der Waals surface area contributed by atoms with Crippen molar-refractivity contribution < 1.29 is 12.6 Å². The molecule has 74 valence electrons. The molecule has 0 aliphatic rings. The van der Waals surface area contributed by atoms with Gasteiger partial charge in [0.05, 0.1) is 7.11 Å². The van der Waals surface area contributed by atoms with Crippen LogP contribution in [0.1, 0.15) is 0 Å². The lowest BCUT2D eigenvalue weighted by Gasteiger charge is -2.02. The summed E-state index contributed by atoms with van der Waals surface area (Å²) in [6, 6.07) is 6.71. The summed E-state index contributed by atoms with van der Waals surface area (Å²) in [6.45, 7) is 0. The zero-order valence-corrected chi connectivity index (χ0v) is 8.34. The zero-order valence-electron chi connectivity index (χ0n) is 7.52. The first-order valence-corrected chi connectivity index (χ1v) is 5.43. The van der Waals surface area contributed by atoms with E-state index in [0.717, 1.165) is 12.6 Å². The highest BCUT2D eigenvalue weighted by Crippen LogP contribution is 2.22. The second kappa shape index (κ2) is 3.11. The van der Waals surface area contributed by atoms with Crippen LogP contribution in [0.25, 0.3) is 10.9 Å². The standard InChI is InChI=1S/C9H9NO3S/c1-13-14(11,12)9-4-2-3-8-7(9)5-6-10-8/h2-6,10H,1H3. The van der Waals surface area contributed by atoms with Gasteiger partial charge in [0.15, 0.2) is 0 Å². The van der Waals surface area contributed by atoms with Gasteiger partial charge >= 0.3 is 0 Å². The number of nitrogens with one attached hydrogen (secondary N) is 1. The molecule has 1 heterocycles. The molecule has 2 rings (SSSR count). The number of H-pyrrole nitrogens is 1. The molecule has 1 N–H and O–H groups in total. The van der Waals surface area contributed by atoms with Crippen molar-refractivity contribution in [2.24, 2.45) is 0 Å². The Labute approximate surface area is 81.6 Å². The number of fused-ring (bicyclic) bond motifs is 1. The summed E-state index contributed by atoms with van der Waals surface area (Å²) in [5.41, 5.74) is 0.781. The van der Waals surface area contributed by atoms with Crippen LogP contribution in [0.2, 0.25) is 0 Å². The number of hydrogen-bond acceptors (Lipinski definition) is 3. The first-order valence-electron chi connectivity index (χ1n) is 4.02. The maximum absolute atomic E-state index is 11.5. The zero-order chi connectivity index (χ0) is 10.2. The Morgan fingerprint density at radius 2 is 2.07 bits per heavy atom. The molecule has 0 radical (unpaired) electrons. The minimum absolute atomic E-state index is 0.193.